The molecular formula is C14H20N4O. The van der Waals surface area contributed by atoms with Crippen LogP contribution in [0.15, 0.2) is 35.2 Å². The van der Waals surface area contributed by atoms with Gasteiger partial charge in [0.1, 0.15) is 17.4 Å². The highest BCUT2D eigenvalue weighted by Gasteiger charge is 2.07. The van der Waals surface area contributed by atoms with Gasteiger partial charge in [0.05, 0.1) is 18.7 Å². The van der Waals surface area contributed by atoms with Crippen molar-refractivity contribution in [3.63, 3.8) is 0 Å². The highest BCUT2D eigenvalue weighted by atomic mass is 16.3. The molecule has 0 saturated carbocycles. The molecule has 0 fully saturated rings. The van der Waals surface area contributed by atoms with Crippen molar-refractivity contribution >= 4 is 11.6 Å². The third-order valence-electron chi connectivity index (χ3n) is 2.67. The Kier molecular flexibility index (Phi) is 4.78. The van der Waals surface area contributed by atoms with Crippen molar-refractivity contribution in [2.24, 2.45) is 0 Å². The summed E-state index contributed by atoms with van der Waals surface area (Å²) in [6, 6.07) is 4.11. The van der Waals surface area contributed by atoms with E-state index in [4.69, 9.17) is 4.42 Å². The second-order valence-electron chi connectivity index (χ2n) is 4.55. The molecule has 1 unspecified atom stereocenters. The monoisotopic (exact) mass is 260 g/mol. The van der Waals surface area contributed by atoms with E-state index in [1.54, 1.807) is 18.7 Å². The third-order valence-corrected chi connectivity index (χ3v) is 2.67. The van der Waals surface area contributed by atoms with Crippen LogP contribution in [-0.2, 0) is 6.42 Å². The van der Waals surface area contributed by atoms with Crippen molar-refractivity contribution in [3.8, 4) is 0 Å². The van der Waals surface area contributed by atoms with E-state index < -0.39 is 0 Å². The molecule has 0 aliphatic heterocycles. The van der Waals surface area contributed by atoms with Crippen LogP contribution < -0.4 is 10.6 Å². The Hall–Kier alpha value is -2.04. The van der Waals surface area contributed by atoms with Crippen molar-refractivity contribution in [1.29, 1.82) is 0 Å². The van der Waals surface area contributed by atoms with Crippen LogP contribution in [0.5, 0.6) is 0 Å². The number of hydrogen-bond donors (Lipinski definition) is 2. The first kappa shape index (κ1) is 13.4. The minimum Gasteiger partial charge on any atom is -0.469 e. The molecule has 0 saturated heterocycles. The molecule has 2 aromatic rings. The molecule has 102 valence electrons. The maximum absolute atomic E-state index is 5.33. The van der Waals surface area contributed by atoms with Gasteiger partial charge in [0.25, 0.3) is 0 Å². The second kappa shape index (κ2) is 6.78. The smallest absolute Gasteiger partial charge is 0.147 e. The van der Waals surface area contributed by atoms with E-state index in [-0.39, 0.29) is 6.04 Å². The normalized spacial score (nSPS) is 12.1. The van der Waals surface area contributed by atoms with Crippen molar-refractivity contribution in [3.05, 3.63) is 36.5 Å². The molecule has 2 aromatic heterocycles. The van der Waals surface area contributed by atoms with Gasteiger partial charge in [-0.1, -0.05) is 6.92 Å². The van der Waals surface area contributed by atoms with E-state index in [2.05, 4.69) is 34.4 Å². The van der Waals surface area contributed by atoms with E-state index in [0.29, 0.717) is 0 Å². The standard InChI is InChI=1S/C14H20N4O/c1-3-6-16-13-9-15-10-14(18-13)17-11(2)8-12-5-4-7-19-12/h4-5,7,9-11H,3,6,8H2,1-2H3,(H2,16,17,18). The summed E-state index contributed by atoms with van der Waals surface area (Å²) in [7, 11) is 0. The summed E-state index contributed by atoms with van der Waals surface area (Å²) in [4.78, 5) is 8.64. The average Bonchev–Trinajstić information content (AvgIpc) is 2.89. The highest BCUT2D eigenvalue weighted by molar-refractivity contribution is 5.42. The van der Waals surface area contributed by atoms with Gasteiger partial charge in [0, 0.05) is 19.0 Å². The molecule has 0 bridgehead atoms. The Bertz CT molecular complexity index is 484. The van der Waals surface area contributed by atoms with Gasteiger partial charge >= 0.3 is 0 Å². The second-order valence-corrected chi connectivity index (χ2v) is 4.55. The van der Waals surface area contributed by atoms with E-state index in [1.165, 1.54) is 0 Å². The van der Waals surface area contributed by atoms with Crippen LogP contribution >= 0.6 is 0 Å². The van der Waals surface area contributed by atoms with Gasteiger partial charge in [-0.2, -0.15) is 0 Å². The van der Waals surface area contributed by atoms with Gasteiger partial charge in [0.15, 0.2) is 0 Å². The number of furan rings is 1. The van der Waals surface area contributed by atoms with Crippen LogP contribution in [0.3, 0.4) is 0 Å². The minimum absolute atomic E-state index is 0.238. The summed E-state index contributed by atoms with van der Waals surface area (Å²) >= 11 is 0. The highest BCUT2D eigenvalue weighted by Crippen LogP contribution is 2.11. The molecule has 0 aliphatic carbocycles. The predicted molar refractivity (Wildman–Crippen MR) is 76.3 cm³/mol. The molecular weight excluding hydrogens is 240 g/mol. The lowest BCUT2D eigenvalue weighted by Gasteiger charge is -2.13. The van der Waals surface area contributed by atoms with Crippen molar-refractivity contribution in [2.75, 3.05) is 17.2 Å². The third kappa shape index (κ3) is 4.28. The Balaban J connectivity index is 1.90. The molecule has 2 heterocycles. The lowest BCUT2D eigenvalue weighted by molar-refractivity contribution is 0.497. The largest absolute Gasteiger partial charge is 0.469 e. The lowest BCUT2D eigenvalue weighted by Crippen LogP contribution is -2.19. The van der Waals surface area contributed by atoms with Crippen molar-refractivity contribution < 1.29 is 4.42 Å². The molecule has 0 amide bonds. The SMILES string of the molecule is CCCNc1cncc(NC(C)Cc2ccco2)n1. The number of nitrogens with one attached hydrogen (secondary N) is 2. The van der Waals surface area contributed by atoms with Gasteiger partial charge in [0.2, 0.25) is 0 Å². The number of hydrogen-bond acceptors (Lipinski definition) is 5. The minimum atomic E-state index is 0.238. The fraction of sp³-hybridized carbons (Fsp3) is 0.429. The summed E-state index contributed by atoms with van der Waals surface area (Å²) in [6.45, 7) is 5.12. The molecule has 0 radical (unpaired) electrons. The summed E-state index contributed by atoms with van der Waals surface area (Å²) in [5.41, 5.74) is 0. The molecule has 0 aliphatic rings. The molecule has 5 nitrogen and oxygen atoms in total. The zero-order chi connectivity index (χ0) is 13.5. The van der Waals surface area contributed by atoms with Crippen LogP contribution in [0.4, 0.5) is 11.6 Å². The van der Waals surface area contributed by atoms with Crippen molar-refractivity contribution in [1.82, 2.24) is 9.97 Å². The molecule has 1 atom stereocenters. The molecule has 0 spiro atoms. The van der Waals surface area contributed by atoms with Gasteiger partial charge < -0.3 is 15.1 Å². The van der Waals surface area contributed by atoms with Gasteiger partial charge in [-0.3, -0.25) is 4.98 Å². The Labute approximate surface area is 113 Å². The predicted octanol–water partition coefficient (Wildman–Crippen LogP) is 2.93. The number of rotatable bonds is 7. The van der Waals surface area contributed by atoms with Gasteiger partial charge in [-0.05, 0) is 25.5 Å². The summed E-state index contributed by atoms with van der Waals surface area (Å²) < 4.78 is 5.33. The summed E-state index contributed by atoms with van der Waals surface area (Å²) in [5, 5.41) is 6.54. The van der Waals surface area contributed by atoms with E-state index in [1.807, 2.05) is 12.1 Å². The average molecular weight is 260 g/mol. The van der Waals surface area contributed by atoms with Crippen LogP contribution in [0.25, 0.3) is 0 Å². The maximum Gasteiger partial charge on any atom is 0.147 e. The first-order valence-corrected chi connectivity index (χ1v) is 6.62. The zero-order valence-corrected chi connectivity index (χ0v) is 11.4. The lowest BCUT2D eigenvalue weighted by atomic mass is 10.2. The van der Waals surface area contributed by atoms with Gasteiger partial charge in [-0.15, -0.1) is 0 Å². The van der Waals surface area contributed by atoms with Crippen LogP contribution in [-0.4, -0.2) is 22.6 Å². The number of anilines is 2. The van der Waals surface area contributed by atoms with Crippen LogP contribution in [0.2, 0.25) is 0 Å². The van der Waals surface area contributed by atoms with E-state index in [9.17, 15) is 0 Å². The molecule has 5 heteroatoms. The Morgan fingerprint density at radius 1 is 1.32 bits per heavy atom. The van der Waals surface area contributed by atoms with E-state index >= 15 is 0 Å². The quantitative estimate of drug-likeness (QED) is 0.801. The van der Waals surface area contributed by atoms with Crippen LogP contribution in [0.1, 0.15) is 26.0 Å². The molecule has 19 heavy (non-hydrogen) atoms. The Morgan fingerprint density at radius 3 is 2.89 bits per heavy atom. The molecule has 2 rings (SSSR count). The number of aromatic nitrogens is 2. The maximum atomic E-state index is 5.33. The number of nitrogens with zero attached hydrogens (tertiary/aromatic N) is 2. The summed E-state index contributed by atoms with van der Waals surface area (Å²) in [6.07, 6.45) is 7.04. The molecule has 2 N–H and O–H groups in total. The summed E-state index contributed by atoms with van der Waals surface area (Å²) in [5.74, 6) is 2.55. The van der Waals surface area contributed by atoms with Crippen LogP contribution in [0, 0.1) is 0 Å². The Morgan fingerprint density at radius 2 is 2.16 bits per heavy atom. The zero-order valence-electron chi connectivity index (χ0n) is 11.4. The first-order chi connectivity index (χ1) is 9.28. The van der Waals surface area contributed by atoms with E-state index in [0.717, 1.165) is 36.8 Å². The topological polar surface area (TPSA) is 63.0 Å². The molecule has 0 aromatic carbocycles. The van der Waals surface area contributed by atoms with Crippen molar-refractivity contribution in [2.45, 2.75) is 32.7 Å². The van der Waals surface area contributed by atoms with Gasteiger partial charge in [-0.25, -0.2) is 4.98 Å². The fourth-order valence-corrected chi connectivity index (χ4v) is 1.81. The first-order valence-electron chi connectivity index (χ1n) is 6.62. The fourth-order valence-electron chi connectivity index (χ4n) is 1.81.